The van der Waals surface area contributed by atoms with Gasteiger partial charge in [0.25, 0.3) is 0 Å². The Morgan fingerprint density at radius 2 is 2.00 bits per heavy atom. The number of rotatable bonds is 4. The minimum absolute atomic E-state index is 0.0250. The molecule has 1 aromatic heterocycles. The van der Waals surface area contributed by atoms with Gasteiger partial charge < -0.3 is 4.90 Å². The summed E-state index contributed by atoms with van der Waals surface area (Å²) >= 11 is 0. The zero-order chi connectivity index (χ0) is 14.6. The second kappa shape index (κ2) is 5.91. The van der Waals surface area contributed by atoms with Crippen molar-refractivity contribution in [3.05, 3.63) is 23.4 Å². The molecular weight excluding hydrogens is 255 g/mol. The van der Waals surface area contributed by atoms with Crippen LogP contribution in [0, 0.1) is 11.3 Å². The predicted octanol–water partition coefficient (Wildman–Crippen LogP) is 3.60. The smallest absolute Gasteiger partial charge is 0.353 e. The SMILES string of the molecule is CCCN(c1nc(C(F)(F)F)ccc1C#N)C(C)C. The van der Waals surface area contributed by atoms with E-state index in [4.69, 9.17) is 5.26 Å². The van der Waals surface area contributed by atoms with Gasteiger partial charge in [0, 0.05) is 12.6 Å². The lowest BCUT2D eigenvalue weighted by atomic mass is 10.2. The quantitative estimate of drug-likeness (QED) is 0.840. The first-order valence-corrected chi connectivity index (χ1v) is 6.06. The van der Waals surface area contributed by atoms with Crippen LogP contribution in [0.4, 0.5) is 19.0 Å². The molecule has 0 bridgehead atoms. The molecular formula is C13H16F3N3. The molecule has 1 aromatic rings. The molecule has 19 heavy (non-hydrogen) atoms. The van der Waals surface area contributed by atoms with Gasteiger partial charge in [0.2, 0.25) is 0 Å². The number of nitrogens with zero attached hydrogens (tertiary/aromatic N) is 3. The first kappa shape index (κ1) is 15.3. The van der Waals surface area contributed by atoms with Crippen molar-refractivity contribution in [2.75, 3.05) is 11.4 Å². The molecule has 0 amide bonds. The van der Waals surface area contributed by atoms with Crippen molar-refractivity contribution in [1.29, 1.82) is 5.26 Å². The normalized spacial score (nSPS) is 11.5. The fraction of sp³-hybridized carbons (Fsp3) is 0.538. The van der Waals surface area contributed by atoms with Gasteiger partial charge in [-0.05, 0) is 32.4 Å². The highest BCUT2D eigenvalue weighted by atomic mass is 19.4. The summed E-state index contributed by atoms with van der Waals surface area (Å²) in [5.41, 5.74) is -0.807. The molecule has 0 aliphatic heterocycles. The monoisotopic (exact) mass is 271 g/mol. The summed E-state index contributed by atoms with van der Waals surface area (Å²) in [5.74, 6) is 0.106. The highest BCUT2D eigenvalue weighted by Crippen LogP contribution is 2.31. The van der Waals surface area contributed by atoms with Crippen LogP contribution in [0.3, 0.4) is 0 Å². The van der Waals surface area contributed by atoms with Gasteiger partial charge in [-0.2, -0.15) is 18.4 Å². The third-order valence-electron chi connectivity index (χ3n) is 2.65. The molecule has 0 spiro atoms. The Morgan fingerprint density at radius 1 is 1.37 bits per heavy atom. The lowest BCUT2D eigenvalue weighted by Crippen LogP contribution is -2.33. The van der Waals surface area contributed by atoms with E-state index in [0.717, 1.165) is 12.5 Å². The number of aromatic nitrogens is 1. The summed E-state index contributed by atoms with van der Waals surface area (Å²) in [5, 5.41) is 9.01. The van der Waals surface area contributed by atoms with Crippen LogP contribution >= 0.6 is 0 Å². The molecule has 0 saturated carbocycles. The maximum atomic E-state index is 12.7. The molecule has 1 heterocycles. The Bertz CT molecular complexity index is 475. The highest BCUT2D eigenvalue weighted by molar-refractivity contribution is 5.55. The molecule has 3 nitrogen and oxygen atoms in total. The molecule has 0 fully saturated rings. The van der Waals surface area contributed by atoms with Crippen LogP contribution in [0.2, 0.25) is 0 Å². The van der Waals surface area contributed by atoms with Crippen molar-refractivity contribution in [3.63, 3.8) is 0 Å². The number of hydrogen-bond acceptors (Lipinski definition) is 3. The van der Waals surface area contributed by atoms with E-state index in [1.165, 1.54) is 6.07 Å². The van der Waals surface area contributed by atoms with E-state index in [2.05, 4.69) is 4.98 Å². The van der Waals surface area contributed by atoms with Gasteiger partial charge in [0.1, 0.15) is 17.6 Å². The minimum Gasteiger partial charge on any atom is -0.353 e. The summed E-state index contributed by atoms with van der Waals surface area (Å²) in [4.78, 5) is 5.35. The molecule has 0 atom stereocenters. The summed E-state index contributed by atoms with van der Waals surface area (Å²) in [6, 6.07) is 3.89. The summed E-state index contributed by atoms with van der Waals surface area (Å²) in [6.45, 7) is 6.20. The van der Waals surface area contributed by atoms with Crippen LogP contribution in [0.25, 0.3) is 0 Å². The number of pyridine rings is 1. The second-order valence-corrected chi connectivity index (χ2v) is 4.46. The molecule has 0 unspecified atom stereocenters. The Balaban J connectivity index is 3.33. The first-order valence-electron chi connectivity index (χ1n) is 6.06. The van der Waals surface area contributed by atoms with Crippen molar-refractivity contribution >= 4 is 5.82 Å². The van der Waals surface area contributed by atoms with Crippen molar-refractivity contribution < 1.29 is 13.2 Å². The average molecular weight is 271 g/mol. The maximum Gasteiger partial charge on any atom is 0.433 e. The van der Waals surface area contributed by atoms with E-state index in [1.807, 2.05) is 26.8 Å². The third kappa shape index (κ3) is 3.60. The molecule has 104 valence electrons. The van der Waals surface area contributed by atoms with Gasteiger partial charge in [-0.15, -0.1) is 0 Å². The van der Waals surface area contributed by atoms with Crippen LogP contribution < -0.4 is 4.90 Å². The molecule has 0 aliphatic carbocycles. The molecule has 6 heteroatoms. The second-order valence-electron chi connectivity index (χ2n) is 4.46. The summed E-state index contributed by atoms with van der Waals surface area (Å²) in [7, 11) is 0. The highest BCUT2D eigenvalue weighted by Gasteiger charge is 2.33. The molecule has 0 aliphatic rings. The predicted molar refractivity (Wildman–Crippen MR) is 66.7 cm³/mol. The number of hydrogen-bond donors (Lipinski definition) is 0. The molecule has 0 N–H and O–H groups in total. The van der Waals surface area contributed by atoms with Crippen LogP contribution in [0.15, 0.2) is 12.1 Å². The Hall–Kier alpha value is -1.77. The maximum absolute atomic E-state index is 12.7. The van der Waals surface area contributed by atoms with E-state index >= 15 is 0 Å². The van der Waals surface area contributed by atoms with E-state index in [9.17, 15) is 13.2 Å². The lowest BCUT2D eigenvalue weighted by molar-refractivity contribution is -0.141. The Labute approximate surface area is 110 Å². The fourth-order valence-electron chi connectivity index (χ4n) is 1.76. The first-order chi connectivity index (χ1) is 8.81. The molecule has 0 aromatic carbocycles. The lowest BCUT2D eigenvalue weighted by Gasteiger charge is -2.28. The summed E-state index contributed by atoms with van der Waals surface area (Å²) < 4.78 is 38.1. The summed E-state index contributed by atoms with van der Waals surface area (Å²) in [6.07, 6.45) is -3.74. The number of anilines is 1. The zero-order valence-corrected chi connectivity index (χ0v) is 11.1. The Kier molecular flexibility index (Phi) is 4.76. The average Bonchev–Trinajstić information content (AvgIpc) is 2.33. The van der Waals surface area contributed by atoms with Crippen LogP contribution in [-0.2, 0) is 6.18 Å². The number of nitriles is 1. The van der Waals surface area contributed by atoms with Crippen LogP contribution in [0.5, 0.6) is 0 Å². The minimum atomic E-state index is -4.50. The topological polar surface area (TPSA) is 39.9 Å². The van der Waals surface area contributed by atoms with Gasteiger partial charge >= 0.3 is 6.18 Å². The molecule has 1 rings (SSSR count). The fourth-order valence-corrected chi connectivity index (χ4v) is 1.76. The molecule has 0 radical (unpaired) electrons. The van der Waals surface area contributed by atoms with Gasteiger partial charge in [0.15, 0.2) is 0 Å². The van der Waals surface area contributed by atoms with Crippen LogP contribution in [-0.4, -0.2) is 17.6 Å². The number of alkyl halides is 3. The molecule has 0 saturated heterocycles. The van der Waals surface area contributed by atoms with E-state index in [1.54, 1.807) is 4.90 Å². The third-order valence-corrected chi connectivity index (χ3v) is 2.65. The van der Waals surface area contributed by atoms with Gasteiger partial charge in [-0.1, -0.05) is 6.92 Å². The van der Waals surface area contributed by atoms with Gasteiger partial charge in [-0.25, -0.2) is 4.98 Å². The standard InChI is InChI=1S/C13H16F3N3/c1-4-7-19(9(2)3)12-10(8-17)5-6-11(18-12)13(14,15)16/h5-6,9H,4,7H2,1-3H3. The zero-order valence-electron chi connectivity index (χ0n) is 11.1. The van der Waals surface area contributed by atoms with Crippen molar-refractivity contribution in [2.45, 2.75) is 39.4 Å². The van der Waals surface area contributed by atoms with Crippen molar-refractivity contribution in [2.24, 2.45) is 0 Å². The largest absolute Gasteiger partial charge is 0.433 e. The van der Waals surface area contributed by atoms with E-state index < -0.39 is 11.9 Å². The van der Waals surface area contributed by atoms with Crippen LogP contribution in [0.1, 0.15) is 38.4 Å². The van der Waals surface area contributed by atoms with E-state index in [0.29, 0.717) is 6.54 Å². The van der Waals surface area contributed by atoms with Crippen molar-refractivity contribution in [3.8, 4) is 6.07 Å². The number of halogens is 3. The Morgan fingerprint density at radius 3 is 2.42 bits per heavy atom. The van der Waals surface area contributed by atoms with Gasteiger partial charge in [-0.3, -0.25) is 0 Å². The van der Waals surface area contributed by atoms with E-state index in [-0.39, 0.29) is 17.4 Å². The van der Waals surface area contributed by atoms with Crippen molar-refractivity contribution in [1.82, 2.24) is 4.98 Å². The van der Waals surface area contributed by atoms with Gasteiger partial charge in [0.05, 0.1) is 5.56 Å².